The van der Waals surface area contributed by atoms with Crippen LogP contribution >= 0.6 is 22.7 Å². The monoisotopic (exact) mass is 1420 g/mol. The summed E-state index contributed by atoms with van der Waals surface area (Å²) in [6.07, 6.45) is 0. The van der Waals surface area contributed by atoms with Crippen molar-refractivity contribution in [3.8, 4) is 22.3 Å². The fourth-order valence-electron chi connectivity index (χ4n) is 15.6. The molecule has 0 atom stereocenters. The van der Waals surface area contributed by atoms with Crippen LogP contribution in [-0.2, 0) is 0 Å². The van der Waals surface area contributed by atoms with Crippen molar-refractivity contribution in [3.05, 3.63) is 400 Å². The highest BCUT2D eigenvalue weighted by molar-refractivity contribution is 7.26. The highest BCUT2D eigenvalue weighted by atomic mass is 32.1. The van der Waals surface area contributed by atoms with E-state index in [1.807, 2.05) is 22.7 Å². The fraction of sp³-hybridized carbons (Fsp3) is 0. The van der Waals surface area contributed by atoms with Gasteiger partial charge in [-0.15, -0.1) is 22.7 Å². The van der Waals surface area contributed by atoms with Crippen LogP contribution in [0, 0.1) is 0 Å². The minimum Gasteiger partial charge on any atom is -0.456 e. The van der Waals surface area contributed by atoms with Gasteiger partial charge in [-0.2, -0.15) is 0 Å². The Morgan fingerprint density at radius 1 is 0.176 bits per heavy atom. The summed E-state index contributed by atoms with van der Waals surface area (Å²) in [6.45, 7) is 0. The number of thiophene rings is 2. The van der Waals surface area contributed by atoms with E-state index < -0.39 is 0 Å². The molecule has 0 aliphatic heterocycles. The van der Waals surface area contributed by atoms with E-state index in [-0.39, 0.29) is 0 Å². The molecule has 8 heteroatoms. The average molecular weight is 1420 g/mol. The molecule has 21 aromatic rings. The van der Waals surface area contributed by atoms with E-state index >= 15 is 0 Å². The van der Waals surface area contributed by atoms with E-state index in [1.54, 1.807) is 0 Å². The maximum Gasteiger partial charge on any atom is 0.137 e. The molecule has 0 bridgehead atoms. The number of hydrogen-bond donors (Lipinski definition) is 0. The van der Waals surface area contributed by atoms with E-state index in [9.17, 15) is 0 Å². The van der Waals surface area contributed by atoms with Crippen LogP contribution in [0.5, 0.6) is 0 Å². The van der Waals surface area contributed by atoms with Crippen molar-refractivity contribution in [2.24, 2.45) is 0 Å². The molecule has 0 spiro atoms. The highest BCUT2D eigenvalue weighted by Crippen LogP contribution is 2.50. The van der Waals surface area contributed by atoms with Crippen molar-refractivity contribution in [3.63, 3.8) is 0 Å². The number of anilines is 12. The van der Waals surface area contributed by atoms with Crippen LogP contribution in [0.3, 0.4) is 0 Å². The maximum absolute atomic E-state index is 6.75. The Morgan fingerprint density at radius 3 is 0.944 bits per heavy atom. The lowest BCUT2D eigenvalue weighted by molar-refractivity contribution is 0.668. The first-order chi connectivity index (χ1) is 53.5. The zero-order valence-electron chi connectivity index (χ0n) is 58.5. The molecule has 0 unspecified atom stereocenters. The van der Waals surface area contributed by atoms with Crippen molar-refractivity contribution in [2.75, 3.05) is 19.6 Å². The molecule has 0 aliphatic carbocycles. The van der Waals surface area contributed by atoms with E-state index in [0.717, 1.165) is 112 Å². The van der Waals surface area contributed by atoms with Crippen molar-refractivity contribution >= 4 is 186 Å². The van der Waals surface area contributed by atoms with Gasteiger partial charge < -0.3 is 28.4 Å². The van der Waals surface area contributed by atoms with Crippen LogP contribution in [0.1, 0.15) is 0 Å². The second-order valence-electron chi connectivity index (χ2n) is 27.1. The third-order valence-corrected chi connectivity index (χ3v) is 22.9. The largest absolute Gasteiger partial charge is 0.456 e. The molecule has 0 saturated carbocycles. The summed E-state index contributed by atoms with van der Waals surface area (Å²) in [5, 5.41) is 11.9. The van der Waals surface area contributed by atoms with Crippen molar-refractivity contribution < 1.29 is 8.83 Å². The van der Waals surface area contributed by atoms with E-state index in [0.29, 0.717) is 0 Å². The lowest BCUT2D eigenvalue weighted by Gasteiger charge is -2.27. The summed E-state index contributed by atoms with van der Waals surface area (Å²) in [5.41, 5.74) is 21.1. The summed E-state index contributed by atoms with van der Waals surface area (Å²) in [4.78, 5) is 9.31. The maximum atomic E-state index is 6.75. The molecule has 0 radical (unpaired) electrons. The van der Waals surface area contributed by atoms with Gasteiger partial charge in [0.15, 0.2) is 0 Å². The highest BCUT2D eigenvalue weighted by Gasteiger charge is 2.25. The number of rotatable bonds is 14. The van der Waals surface area contributed by atoms with Gasteiger partial charge in [-0.1, -0.05) is 224 Å². The zero-order chi connectivity index (χ0) is 71.4. The van der Waals surface area contributed by atoms with Gasteiger partial charge in [0.25, 0.3) is 0 Å². The zero-order valence-corrected chi connectivity index (χ0v) is 60.2. The molecule has 6 nitrogen and oxygen atoms in total. The SMILES string of the molecule is c1ccc(-c2ccc(N(c3ccc4c(c3)sc3ccccc34)c3cccc4oc5cc(N(c6ccccc6)c6ccccc6)ccc5c34)cc2)cc1.c1ccc(N(c2ccccc2)c2ccc3c(c2)oc2cccc(N(c4ccc(-c5ccc6ccccc6c5)cc4)c4ccc5c(c4)sc4ccccc45)c23)cc1. The van der Waals surface area contributed by atoms with Crippen molar-refractivity contribution in [1.29, 1.82) is 0 Å². The molecule has 510 valence electrons. The van der Waals surface area contributed by atoms with Crippen LogP contribution in [0.25, 0.3) is 117 Å². The van der Waals surface area contributed by atoms with Gasteiger partial charge in [0.1, 0.15) is 22.3 Å². The Labute approximate surface area is 632 Å². The van der Waals surface area contributed by atoms with Gasteiger partial charge in [-0.25, -0.2) is 0 Å². The molecule has 17 aromatic carbocycles. The first kappa shape index (κ1) is 63.9. The molecule has 108 heavy (non-hydrogen) atoms. The van der Waals surface area contributed by atoms with Gasteiger partial charge in [0, 0.05) is 120 Å². The average Bonchev–Trinajstić information content (AvgIpc) is 1.58. The predicted octanol–water partition coefficient (Wildman–Crippen LogP) is 30.3. The summed E-state index contributed by atoms with van der Waals surface area (Å²) in [6, 6.07) is 143. The fourth-order valence-corrected chi connectivity index (χ4v) is 17.9. The quantitative estimate of drug-likeness (QED) is 0.108. The minimum atomic E-state index is 0.841. The van der Waals surface area contributed by atoms with Crippen LogP contribution in [0.2, 0.25) is 0 Å². The van der Waals surface area contributed by atoms with Crippen LogP contribution < -0.4 is 19.6 Å². The minimum absolute atomic E-state index is 0.841. The summed E-state index contributed by atoms with van der Waals surface area (Å²) < 4.78 is 18.6. The van der Waals surface area contributed by atoms with E-state index in [1.165, 1.54) is 73.4 Å². The van der Waals surface area contributed by atoms with Gasteiger partial charge >= 0.3 is 0 Å². The molecule has 21 rings (SSSR count). The molecule has 4 aromatic heterocycles. The Hall–Kier alpha value is -13.8. The molecule has 0 amide bonds. The number of hydrogen-bond acceptors (Lipinski definition) is 8. The first-order valence-electron chi connectivity index (χ1n) is 36.4. The molecule has 0 aliphatic rings. The van der Waals surface area contributed by atoms with Gasteiger partial charge in [-0.3, -0.25) is 0 Å². The number of nitrogens with zero attached hydrogens (tertiary/aromatic N) is 4. The van der Waals surface area contributed by atoms with Crippen LogP contribution in [0.4, 0.5) is 68.2 Å². The van der Waals surface area contributed by atoms with Gasteiger partial charge in [0.05, 0.1) is 22.1 Å². The number of fused-ring (bicyclic) bond motifs is 13. The van der Waals surface area contributed by atoms with Gasteiger partial charge in [0.2, 0.25) is 0 Å². The van der Waals surface area contributed by atoms with E-state index in [4.69, 9.17) is 8.83 Å². The standard InChI is InChI=1S/C52H34N2OS.C48H32N2OS/c1-3-14-39(15-4-1)53(40-16-5-2-6-17-40)42-29-31-46-49(33-42)55-48-20-11-19-47(52(46)48)54(43-28-30-45-44-18-9-10-21-50(44)56-51(45)34-43)41-26-24-36(25-27-41)38-23-22-35-12-7-8-13-37(35)32-38;1-4-13-33(14-5-1)34-23-25-37(26-24-34)50(39-27-29-41-40-19-10-11-22-46(40)52-47(41)32-39)43-20-12-21-44-48(43)42-30-28-38(31-45(42)51-44)49(35-15-6-2-7-16-35)36-17-8-3-9-18-36/h1-34H;1-32H. The second-order valence-corrected chi connectivity index (χ2v) is 29.3. The normalized spacial score (nSPS) is 11.5. The second kappa shape index (κ2) is 27.4. The lowest BCUT2D eigenvalue weighted by Crippen LogP contribution is -2.10. The van der Waals surface area contributed by atoms with Crippen molar-refractivity contribution in [2.45, 2.75) is 0 Å². The molecular weight excluding hydrogens is 1350 g/mol. The Bertz CT molecular complexity index is 6800. The van der Waals surface area contributed by atoms with Crippen LogP contribution in [-0.4, -0.2) is 0 Å². The first-order valence-corrected chi connectivity index (χ1v) is 38.1. The summed E-state index contributed by atoms with van der Waals surface area (Å²) in [7, 11) is 0. The molecule has 0 N–H and O–H groups in total. The van der Waals surface area contributed by atoms with Gasteiger partial charge in [-0.05, 0) is 197 Å². The Morgan fingerprint density at radius 2 is 0.500 bits per heavy atom. The third-order valence-electron chi connectivity index (χ3n) is 20.7. The Balaban J connectivity index is 0.000000143. The summed E-state index contributed by atoms with van der Waals surface area (Å²) in [5.74, 6) is 0. The molecule has 0 saturated heterocycles. The smallest absolute Gasteiger partial charge is 0.137 e. The van der Waals surface area contributed by atoms with Crippen molar-refractivity contribution in [1.82, 2.24) is 0 Å². The lowest BCUT2D eigenvalue weighted by atomic mass is 10.0. The topological polar surface area (TPSA) is 39.2 Å². The number of para-hydroxylation sites is 4. The predicted molar refractivity (Wildman–Crippen MR) is 460 cm³/mol. The third kappa shape index (κ3) is 11.7. The summed E-state index contributed by atoms with van der Waals surface area (Å²) >= 11 is 3.68. The number of furan rings is 2. The molecule has 4 heterocycles. The Kier molecular flexibility index (Phi) is 16.2. The molecule has 0 fully saturated rings. The van der Waals surface area contributed by atoms with Crippen LogP contribution in [0.15, 0.2) is 409 Å². The molecular formula is C100H66N4O2S2. The number of benzene rings is 17. The van der Waals surface area contributed by atoms with E-state index in [2.05, 4.69) is 420 Å².